The van der Waals surface area contributed by atoms with Crippen LogP contribution in [0.15, 0.2) is 24.3 Å². The fourth-order valence-electron chi connectivity index (χ4n) is 2.71. The van der Waals surface area contributed by atoms with Crippen molar-refractivity contribution in [1.82, 2.24) is 4.90 Å². The number of carbonyl (C=O) groups is 2. The molecule has 21 heavy (non-hydrogen) atoms. The normalized spacial score (nSPS) is 25.0. The van der Waals surface area contributed by atoms with Crippen molar-refractivity contribution >= 4 is 11.8 Å². The van der Waals surface area contributed by atoms with Gasteiger partial charge in [-0.25, -0.2) is 0 Å². The smallest absolute Gasteiger partial charge is 0.233 e. The Kier molecular flexibility index (Phi) is 3.68. The van der Waals surface area contributed by atoms with Gasteiger partial charge in [0.25, 0.3) is 0 Å². The predicted molar refractivity (Wildman–Crippen MR) is 75.5 cm³/mol. The van der Waals surface area contributed by atoms with E-state index in [1.807, 2.05) is 6.92 Å². The maximum absolute atomic E-state index is 11.9. The number of carbonyl (C=O) groups excluding carboxylic acids is 2. The number of hydrogen-bond acceptors (Lipinski definition) is 4. The molecule has 1 aliphatic heterocycles. The number of aliphatic hydroxyl groups is 1. The highest BCUT2D eigenvalue weighted by Crippen LogP contribution is 2.47. The number of piperidine rings is 1. The van der Waals surface area contributed by atoms with Gasteiger partial charge in [0.2, 0.25) is 11.8 Å². The number of benzene rings is 1. The molecule has 3 atom stereocenters. The molecule has 0 bridgehead atoms. The number of hydrogen-bond donors (Lipinski definition) is 1. The van der Waals surface area contributed by atoms with E-state index in [2.05, 4.69) is 0 Å². The fraction of sp³-hybridized carbons (Fsp3) is 0.500. The molecular weight excluding hydrogens is 270 g/mol. The van der Waals surface area contributed by atoms with E-state index in [9.17, 15) is 14.7 Å². The summed E-state index contributed by atoms with van der Waals surface area (Å²) in [7, 11) is 0. The standard InChI is InChI=1S/C16H19NO4/c1-2-7-21-11-5-3-10(4-6-11)14(18)9-17-15(19)12-8-13(12)16(17)20/h3-6,12-14,18H,2,7-9H2,1H3. The molecule has 1 heterocycles. The number of amides is 2. The molecule has 1 saturated carbocycles. The minimum atomic E-state index is -0.851. The second kappa shape index (κ2) is 5.48. The molecule has 2 aliphatic rings. The van der Waals surface area contributed by atoms with Crippen LogP contribution in [0.5, 0.6) is 5.75 Å². The average molecular weight is 289 g/mol. The predicted octanol–water partition coefficient (Wildman–Crippen LogP) is 1.51. The maximum atomic E-state index is 11.9. The van der Waals surface area contributed by atoms with Gasteiger partial charge in [-0.1, -0.05) is 19.1 Å². The molecule has 0 radical (unpaired) electrons. The summed E-state index contributed by atoms with van der Waals surface area (Å²) in [6.45, 7) is 2.73. The zero-order valence-electron chi connectivity index (χ0n) is 12.0. The second-order valence-corrected chi connectivity index (χ2v) is 5.67. The van der Waals surface area contributed by atoms with Gasteiger partial charge in [0, 0.05) is 0 Å². The molecule has 112 valence electrons. The molecule has 0 aromatic heterocycles. The Morgan fingerprint density at radius 3 is 2.43 bits per heavy atom. The Bertz CT molecular complexity index is 534. The number of nitrogens with zero attached hydrogens (tertiary/aromatic N) is 1. The average Bonchev–Trinajstić information content (AvgIpc) is 3.26. The Balaban J connectivity index is 1.61. The number of imide groups is 1. The molecule has 1 aromatic rings. The third kappa shape index (κ3) is 2.65. The van der Waals surface area contributed by atoms with E-state index >= 15 is 0 Å². The van der Waals surface area contributed by atoms with Crippen molar-refractivity contribution in [2.75, 3.05) is 13.2 Å². The Morgan fingerprint density at radius 2 is 1.86 bits per heavy atom. The molecule has 3 rings (SSSR count). The summed E-state index contributed by atoms with van der Waals surface area (Å²) in [4.78, 5) is 24.9. The highest BCUT2D eigenvalue weighted by Gasteiger charge is 2.58. The van der Waals surface area contributed by atoms with Crippen molar-refractivity contribution in [1.29, 1.82) is 0 Å². The summed E-state index contributed by atoms with van der Waals surface area (Å²) in [6, 6.07) is 7.11. The maximum Gasteiger partial charge on any atom is 0.233 e. The topological polar surface area (TPSA) is 66.8 Å². The lowest BCUT2D eigenvalue weighted by atomic mass is 10.1. The summed E-state index contributed by atoms with van der Waals surface area (Å²) in [5, 5.41) is 10.2. The molecule has 2 amide bonds. The lowest BCUT2D eigenvalue weighted by molar-refractivity contribution is -0.143. The summed E-state index contributed by atoms with van der Waals surface area (Å²) in [5.74, 6) is 0.255. The van der Waals surface area contributed by atoms with Crippen molar-refractivity contribution in [2.45, 2.75) is 25.9 Å². The van der Waals surface area contributed by atoms with Crippen molar-refractivity contribution in [3.8, 4) is 5.75 Å². The van der Waals surface area contributed by atoms with Crippen LogP contribution < -0.4 is 4.74 Å². The molecule has 1 aromatic carbocycles. The van der Waals surface area contributed by atoms with E-state index < -0.39 is 6.10 Å². The van der Waals surface area contributed by atoms with Crippen LogP contribution >= 0.6 is 0 Å². The molecule has 1 aliphatic carbocycles. The highest BCUT2D eigenvalue weighted by molar-refractivity contribution is 6.08. The zero-order valence-corrected chi connectivity index (χ0v) is 12.0. The second-order valence-electron chi connectivity index (χ2n) is 5.67. The third-order valence-corrected chi connectivity index (χ3v) is 4.05. The number of fused-ring (bicyclic) bond motifs is 1. The number of rotatable bonds is 6. The van der Waals surface area contributed by atoms with E-state index in [-0.39, 0.29) is 30.2 Å². The largest absolute Gasteiger partial charge is 0.494 e. The molecule has 2 fully saturated rings. The summed E-state index contributed by atoms with van der Waals surface area (Å²) in [6.07, 6.45) is 0.773. The Labute approximate surface area is 123 Å². The summed E-state index contributed by atoms with van der Waals surface area (Å²) in [5.41, 5.74) is 0.681. The first-order chi connectivity index (χ1) is 10.1. The molecular formula is C16H19NO4. The van der Waals surface area contributed by atoms with Crippen LogP contribution in [0.1, 0.15) is 31.4 Å². The van der Waals surface area contributed by atoms with E-state index in [0.717, 1.165) is 12.2 Å². The van der Waals surface area contributed by atoms with Gasteiger partial charge in [0.15, 0.2) is 0 Å². The monoisotopic (exact) mass is 289 g/mol. The van der Waals surface area contributed by atoms with Crippen LogP contribution in [-0.4, -0.2) is 35.0 Å². The van der Waals surface area contributed by atoms with Gasteiger partial charge in [-0.15, -0.1) is 0 Å². The Hall–Kier alpha value is -1.88. The number of aliphatic hydroxyl groups excluding tert-OH is 1. The lowest BCUT2D eigenvalue weighted by Crippen LogP contribution is -2.36. The number of β-amino-alcohol motifs (C(OH)–C–C–N with tert-alkyl or cyclic N) is 1. The van der Waals surface area contributed by atoms with Gasteiger partial charge in [-0.05, 0) is 30.5 Å². The van der Waals surface area contributed by atoms with Crippen molar-refractivity contribution in [2.24, 2.45) is 11.8 Å². The van der Waals surface area contributed by atoms with Crippen molar-refractivity contribution in [3.63, 3.8) is 0 Å². The van der Waals surface area contributed by atoms with Gasteiger partial charge in [0.1, 0.15) is 5.75 Å². The van der Waals surface area contributed by atoms with Gasteiger partial charge in [-0.3, -0.25) is 14.5 Å². The van der Waals surface area contributed by atoms with Crippen LogP contribution in [0.4, 0.5) is 0 Å². The minimum absolute atomic E-state index is 0.0415. The van der Waals surface area contributed by atoms with Gasteiger partial charge < -0.3 is 9.84 Å². The SMILES string of the molecule is CCCOc1ccc(C(O)CN2C(=O)C3CC3C2=O)cc1. The molecule has 1 N–H and O–H groups in total. The summed E-state index contributed by atoms with van der Waals surface area (Å²) >= 11 is 0. The van der Waals surface area contributed by atoms with Crippen molar-refractivity contribution < 1.29 is 19.4 Å². The van der Waals surface area contributed by atoms with E-state index in [1.165, 1.54) is 4.90 Å². The first kappa shape index (κ1) is 14.1. The first-order valence-electron chi connectivity index (χ1n) is 7.38. The summed E-state index contributed by atoms with van der Waals surface area (Å²) < 4.78 is 5.48. The fourth-order valence-corrected chi connectivity index (χ4v) is 2.71. The van der Waals surface area contributed by atoms with Gasteiger partial charge in [0.05, 0.1) is 31.1 Å². The van der Waals surface area contributed by atoms with E-state index in [4.69, 9.17) is 4.74 Å². The number of likely N-dealkylation sites (tertiary alicyclic amines) is 1. The van der Waals surface area contributed by atoms with E-state index in [0.29, 0.717) is 18.6 Å². The highest BCUT2D eigenvalue weighted by atomic mass is 16.5. The molecule has 5 heteroatoms. The van der Waals surface area contributed by atoms with Crippen LogP contribution in [0.25, 0.3) is 0 Å². The zero-order chi connectivity index (χ0) is 15.0. The van der Waals surface area contributed by atoms with Crippen LogP contribution in [0, 0.1) is 11.8 Å². The van der Waals surface area contributed by atoms with Gasteiger partial charge >= 0.3 is 0 Å². The van der Waals surface area contributed by atoms with Crippen molar-refractivity contribution in [3.05, 3.63) is 29.8 Å². The molecule has 0 spiro atoms. The van der Waals surface area contributed by atoms with E-state index in [1.54, 1.807) is 24.3 Å². The number of ether oxygens (including phenoxy) is 1. The minimum Gasteiger partial charge on any atom is -0.494 e. The Morgan fingerprint density at radius 1 is 1.24 bits per heavy atom. The quantitative estimate of drug-likeness (QED) is 0.806. The van der Waals surface area contributed by atoms with Crippen LogP contribution in [0.3, 0.4) is 0 Å². The molecule has 3 unspecified atom stereocenters. The van der Waals surface area contributed by atoms with Crippen LogP contribution in [0.2, 0.25) is 0 Å². The van der Waals surface area contributed by atoms with Gasteiger partial charge in [-0.2, -0.15) is 0 Å². The van der Waals surface area contributed by atoms with Crippen LogP contribution in [-0.2, 0) is 9.59 Å². The molecule has 1 saturated heterocycles. The first-order valence-corrected chi connectivity index (χ1v) is 7.38. The third-order valence-electron chi connectivity index (χ3n) is 4.05. The lowest BCUT2D eigenvalue weighted by Gasteiger charge is -2.20. The molecule has 5 nitrogen and oxygen atoms in total.